The van der Waals surface area contributed by atoms with Gasteiger partial charge in [-0.25, -0.2) is 9.97 Å². The molecule has 0 radical (unpaired) electrons. The summed E-state index contributed by atoms with van der Waals surface area (Å²) in [5.41, 5.74) is 1.94. The fourth-order valence-corrected chi connectivity index (χ4v) is 3.90. The number of fused-ring (bicyclic) bond motifs is 1. The molecule has 3 aromatic heterocycles. The van der Waals surface area contributed by atoms with Crippen molar-refractivity contribution in [2.45, 2.75) is 13.3 Å². The Bertz CT molecular complexity index is 913. The van der Waals surface area contributed by atoms with Gasteiger partial charge in [0, 0.05) is 45.6 Å². The molecule has 0 saturated carbocycles. The van der Waals surface area contributed by atoms with E-state index >= 15 is 0 Å². The lowest BCUT2D eigenvalue weighted by molar-refractivity contribution is 0.0940. The van der Waals surface area contributed by atoms with Gasteiger partial charge in [-0.15, -0.1) is 11.3 Å². The molecule has 3 heterocycles. The third-order valence-electron chi connectivity index (χ3n) is 4.30. The van der Waals surface area contributed by atoms with E-state index in [-0.39, 0.29) is 5.91 Å². The third-order valence-corrected chi connectivity index (χ3v) is 5.49. The van der Waals surface area contributed by atoms with Crippen LogP contribution in [0.25, 0.3) is 10.2 Å². The van der Waals surface area contributed by atoms with E-state index in [9.17, 15) is 4.79 Å². The lowest BCUT2D eigenvalue weighted by Gasteiger charge is -2.19. The number of aromatic nitrogens is 3. The van der Waals surface area contributed by atoms with Crippen LogP contribution in [0, 0.1) is 6.92 Å². The number of anilines is 1. The van der Waals surface area contributed by atoms with Crippen LogP contribution in [0.2, 0.25) is 0 Å². The lowest BCUT2D eigenvalue weighted by Crippen LogP contribution is -2.26. The van der Waals surface area contributed by atoms with E-state index in [2.05, 4.69) is 25.2 Å². The maximum absolute atomic E-state index is 12.5. The molecule has 0 aliphatic carbocycles. The van der Waals surface area contributed by atoms with Gasteiger partial charge in [0.15, 0.2) is 0 Å². The van der Waals surface area contributed by atoms with Crippen molar-refractivity contribution in [1.29, 1.82) is 0 Å². The number of pyridine rings is 1. The van der Waals surface area contributed by atoms with Crippen molar-refractivity contribution in [2.75, 3.05) is 38.8 Å². The number of ether oxygens (including phenoxy) is 1. The number of carbonyl (C=O) groups excluding carboxylic acids is 1. The number of methoxy groups -OCH3 is 1. The van der Waals surface area contributed by atoms with Crippen molar-refractivity contribution in [3.05, 3.63) is 46.9 Å². The van der Waals surface area contributed by atoms with Gasteiger partial charge in [0.2, 0.25) is 0 Å². The van der Waals surface area contributed by atoms with Crippen molar-refractivity contribution in [2.24, 2.45) is 0 Å². The predicted octanol–water partition coefficient (Wildman–Crippen LogP) is 2.45. The monoisotopic (exact) mass is 385 g/mol. The second-order valence-corrected chi connectivity index (χ2v) is 7.17. The molecule has 3 rings (SSSR count). The summed E-state index contributed by atoms with van der Waals surface area (Å²) >= 11 is 1.39. The summed E-state index contributed by atoms with van der Waals surface area (Å²) in [6, 6.07) is 5.92. The lowest BCUT2D eigenvalue weighted by atomic mass is 10.2. The van der Waals surface area contributed by atoms with E-state index in [1.165, 1.54) is 11.3 Å². The van der Waals surface area contributed by atoms with Crippen LogP contribution < -0.4 is 10.2 Å². The van der Waals surface area contributed by atoms with Crippen LogP contribution >= 0.6 is 11.3 Å². The fourth-order valence-electron chi connectivity index (χ4n) is 2.84. The summed E-state index contributed by atoms with van der Waals surface area (Å²) < 4.78 is 4.99. The van der Waals surface area contributed by atoms with Gasteiger partial charge in [0.1, 0.15) is 17.0 Å². The van der Waals surface area contributed by atoms with Crippen LogP contribution in [-0.4, -0.2) is 54.7 Å². The quantitative estimate of drug-likeness (QED) is 0.600. The number of nitrogens with zero attached hydrogens (tertiary/aromatic N) is 4. The first kappa shape index (κ1) is 19.2. The van der Waals surface area contributed by atoms with Gasteiger partial charge < -0.3 is 15.0 Å². The minimum absolute atomic E-state index is 0.102. The molecule has 0 aromatic carbocycles. The average Bonchev–Trinajstić information content (AvgIpc) is 3.04. The van der Waals surface area contributed by atoms with E-state index in [0.29, 0.717) is 18.0 Å². The molecular formula is C19H23N5O2S. The highest BCUT2D eigenvalue weighted by molar-refractivity contribution is 7.20. The van der Waals surface area contributed by atoms with Gasteiger partial charge in [-0.05, 0) is 24.6 Å². The van der Waals surface area contributed by atoms with Crippen molar-refractivity contribution < 1.29 is 9.53 Å². The number of carbonyl (C=O) groups is 1. The molecule has 0 aliphatic rings. The summed E-state index contributed by atoms with van der Waals surface area (Å²) in [4.78, 5) is 29.3. The largest absolute Gasteiger partial charge is 0.383 e. The van der Waals surface area contributed by atoms with E-state index in [4.69, 9.17) is 4.74 Å². The molecule has 0 atom stereocenters. The number of hydrogen-bond donors (Lipinski definition) is 1. The van der Waals surface area contributed by atoms with Crippen LogP contribution in [0.15, 0.2) is 30.7 Å². The predicted molar refractivity (Wildman–Crippen MR) is 108 cm³/mol. The smallest absolute Gasteiger partial charge is 0.261 e. The summed E-state index contributed by atoms with van der Waals surface area (Å²) in [6.45, 7) is 3.68. The molecule has 27 heavy (non-hydrogen) atoms. The Hall–Kier alpha value is -2.58. The zero-order valence-corrected chi connectivity index (χ0v) is 16.5. The number of thiophene rings is 1. The van der Waals surface area contributed by atoms with Gasteiger partial charge in [-0.3, -0.25) is 9.78 Å². The summed E-state index contributed by atoms with van der Waals surface area (Å²) in [7, 11) is 3.61. The Kier molecular flexibility index (Phi) is 6.31. The Morgan fingerprint density at radius 1 is 1.30 bits per heavy atom. The van der Waals surface area contributed by atoms with Crippen LogP contribution in [0.4, 0.5) is 5.82 Å². The van der Waals surface area contributed by atoms with Crippen LogP contribution in [0.1, 0.15) is 20.9 Å². The van der Waals surface area contributed by atoms with Gasteiger partial charge in [0.05, 0.1) is 16.9 Å². The minimum atomic E-state index is -0.102. The molecule has 7 nitrogen and oxygen atoms in total. The topological polar surface area (TPSA) is 80.2 Å². The summed E-state index contributed by atoms with van der Waals surface area (Å²) in [5, 5.41) is 3.81. The minimum Gasteiger partial charge on any atom is -0.383 e. The first-order chi connectivity index (χ1) is 13.1. The maximum atomic E-state index is 12.5. The standard InChI is InChI=1S/C19H23N5O2S/c1-13-15-17(24(2)10-7-14-6-4-5-8-20-14)22-12-23-19(15)27-16(13)18(25)21-9-11-26-3/h4-6,8,12H,7,9-11H2,1-3H3,(H,21,25). The number of likely N-dealkylation sites (N-methyl/N-ethyl adjacent to an activating group) is 1. The molecule has 0 saturated heterocycles. The normalized spacial score (nSPS) is 10.9. The van der Waals surface area contributed by atoms with Crippen molar-refractivity contribution in [3.63, 3.8) is 0 Å². The Morgan fingerprint density at radius 2 is 2.15 bits per heavy atom. The highest BCUT2D eigenvalue weighted by Crippen LogP contribution is 2.34. The van der Waals surface area contributed by atoms with Crippen LogP contribution in [0.3, 0.4) is 0 Å². The Balaban J connectivity index is 1.82. The second-order valence-electron chi connectivity index (χ2n) is 6.17. The van der Waals surface area contributed by atoms with Crippen LogP contribution in [0.5, 0.6) is 0 Å². The van der Waals surface area contributed by atoms with E-state index in [0.717, 1.165) is 40.3 Å². The second kappa shape index (κ2) is 8.88. The Labute approximate surface area is 162 Å². The maximum Gasteiger partial charge on any atom is 0.261 e. The van der Waals surface area contributed by atoms with Crippen molar-refractivity contribution >= 4 is 33.3 Å². The summed E-state index contributed by atoms with van der Waals surface area (Å²) in [5.74, 6) is 0.732. The van der Waals surface area contributed by atoms with Crippen molar-refractivity contribution in [3.8, 4) is 0 Å². The molecule has 0 spiro atoms. The highest BCUT2D eigenvalue weighted by atomic mass is 32.1. The summed E-state index contributed by atoms with van der Waals surface area (Å²) in [6.07, 6.45) is 4.17. The SMILES string of the molecule is COCCNC(=O)c1sc2ncnc(N(C)CCc3ccccn3)c2c1C. The van der Waals surface area contributed by atoms with Gasteiger partial charge in [0.25, 0.3) is 5.91 Å². The molecule has 0 unspecified atom stereocenters. The zero-order valence-electron chi connectivity index (χ0n) is 15.7. The van der Waals surface area contributed by atoms with Crippen LogP contribution in [-0.2, 0) is 11.2 Å². The third kappa shape index (κ3) is 4.40. The number of rotatable bonds is 8. The molecule has 0 aliphatic heterocycles. The van der Waals surface area contributed by atoms with E-state index in [1.54, 1.807) is 19.6 Å². The molecule has 3 aromatic rings. The average molecular weight is 385 g/mol. The van der Waals surface area contributed by atoms with E-state index < -0.39 is 0 Å². The van der Waals surface area contributed by atoms with Gasteiger partial charge >= 0.3 is 0 Å². The molecule has 1 amide bonds. The molecular weight excluding hydrogens is 362 g/mol. The number of hydrogen-bond acceptors (Lipinski definition) is 7. The first-order valence-corrected chi connectivity index (χ1v) is 9.55. The molecule has 0 fully saturated rings. The van der Waals surface area contributed by atoms with Crippen molar-refractivity contribution in [1.82, 2.24) is 20.3 Å². The molecule has 1 N–H and O–H groups in total. The molecule has 8 heteroatoms. The Morgan fingerprint density at radius 3 is 2.89 bits per heavy atom. The number of aryl methyl sites for hydroxylation is 1. The highest BCUT2D eigenvalue weighted by Gasteiger charge is 2.20. The molecule has 142 valence electrons. The van der Waals surface area contributed by atoms with Gasteiger partial charge in [-0.1, -0.05) is 6.07 Å². The number of amides is 1. The zero-order chi connectivity index (χ0) is 19.2. The number of nitrogens with one attached hydrogen (secondary N) is 1. The molecule has 0 bridgehead atoms. The fraction of sp³-hybridized carbons (Fsp3) is 0.368. The van der Waals surface area contributed by atoms with E-state index in [1.807, 2.05) is 32.2 Å². The van der Waals surface area contributed by atoms with Gasteiger partial charge in [-0.2, -0.15) is 0 Å². The first-order valence-electron chi connectivity index (χ1n) is 8.74.